The Labute approximate surface area is 222 Å². The molecule has 1 aromatic carbocycles. The lowest BCUT2D eigenvalue weighted by Gasteiger charge is -2.11. The molecule has 12 nitrogen and oxygen atoms in total. The molecule has 0 unspecified atom stereocenters. The Kier molecular flexibility index (Phi) is 12.4. The van der Waals surface area contributed by atoms with Gasteiger partial charge in [0, 0.05) is 31.5 Å². The average molecular weight is 522 g/mol. The quantitative estimate of drug-likeness (QED) is 0.123. The fourth-order valence-electron chi connectivity index (χ4n) is 3.18. The third-order valence-corrected chi connectivity index (χ3v) is 4.97. The van der Waals surface area contributed by atoms with E-state index in [9.17, 15) is 4.79 Å². The number of carbonyl (C=O) groups is 1. The highest BCUT2D eigenvalue weighted by Gasteiger charge is 2.08. The lowest BCUT2D eigenvalue weighted by Crippen LogP contribution is -2.29. The molecule has 0 aliphatic carbocycles. The molecule has 0 aliphatic rings. The fraction of sp³-hybridized carbons (Fsp3) is 0.346. The van der Waals surface area contributed by atoms with Gasteiger partial charge in [-0.25, -0.2) is 0 Å². The lowest BCUT2D eigenvalue weighted by atomic mass is 10.1. The molecule has 6 N–H and O–H groups in total. The maximum Gasteiger partial charge on any atom is 0.233 e. The van der Waals surface area contributed by atoms with Gasteiger partial charge in [0.05, 0.1) is 45.1 Å². The van der Waals surface area contributed by atoms with Crippen LogP contribution in [0.4, 0.5) is 23.5 Å². The normalized spacial score (nSPS) is 10.6. The van der Waals surface area contributed by atoms with Crippen LogP contribution in [0.15, 0.2) is 61.3 Å². The minimum atomic E-state index is -0.0762. The van der Waals surface area contributed by atoms with Crippen LogP contribution in [0.3, 0.4) is 0 Å². The third-order valence-electron chi connectivity index (χ3n) is 4.97. The maximum atomic E-state index is 12.2. The van der Waals surface area contributed by atoms with Crippen molar-refractivity contribution >= 4 is 29.4 Å². The number of nitrogens with zero attached hydrogens (tertiary/aromatic N) is 4. The predicted molar refractivity (Wildman–Crippen MR) is 147 cm³/mol. The van der Waals surface area contributed by atoms with Gasteiger partial charge in [0.1, 0.15) is 0 Å². The first kappa shape index (κ1) is 28.4. The molecule has 0 atom stereocenters. The Bertz CT molecular complexity index is 1110. The Hall–Kier alpha value is -4.13. The Morgan fingerprint density at radius 1 is 0.921 bits per heavy atom. The van der Waals surface area contributed by atoms with Crippen LogP contribution in [-0.2, 0) is 27.2 Å². The molecule has 0 bridgehead atoms. The second-order valence-corrected chi connectivity index (χ2v) is 8.01. The van der Waals surface area contributed by atoms with Crippen LogP contribution in [0.5, 0.6) is 0 Å². The van der Waals surface area contributed by atoms with Crippen LogP contribution in [0, 0.1) is 0 Å². The number of hydrogen-bond donors (Lipinski definition) is 5. The van der Waals surface area contributed by atoms with Crippen molar-refractivity contribution in [1.82, 2.24) is 25.3 Å². The van der Waals surface area contributed by atoms with Gasteiger partial charge >= 0.3 is 0 Å². The van der Waals surface area contributed by atoms with Gasteiger partial charge in [-0.2, -0.15) is 15.0 Å². The predicted octanol–water partition coefficient (Wildman–Crippen LogP) is 1.87. The zero-order chi connectivity index (χ0) is 26.8. The molecule has 38 heavy (non-hydrogen) atoms. The van der Waals surface area contributed by atoms with E-state index in [0.29, 0.717) is 70.5 Å². The van der Waals surface area contributed by atoms with Gasteiger partial charge in [0.2, 0.25) is 23.8 Å². The van der Waals surface area contributed by atoms with Crippen LogP contribution in [0.25, 0.3) is 0 Å². The first-order chi connectivity index (χ1) is 18.7. The van der Waals surface area contributed by atoms with Gasteiger partial charge in [0.15, 0.2) is 0 Å². The van der Waals surface area contributed by atoms with Gasteiger partial charge in [-0.3, -0.25) is 9.78 Å². The lowest BCUT2D eigenvalue weighted by molar-refractivity contribution is -0.120. The molecule has 0 spiro atoms. The first-order valence-corrected chi connectivity index (χ1v) is 12.4. The molecule has 0 fully saturated rings. The van der Waals surface area contributed by atoms with E-state index in [2.05, 4.69) is 47.8 Å². The van der Waals surface area contributed by atoms with Gasteiger partial charge < -0.3 is 36.5 Å². The molecular weight excluding hydrogens is 486 g/mol. The van der Waals surface area contributed by atoms with Gasteiger partial charge in [-0.1, -0.05) is 24.3 Å². The van der Waals surface area contributed by atoms with Crippen molar-refractivity contribution in [3.8, 4) is 0 Å². The van der Waals surface area contributed by atoms with Crippen LogP contribution in [0.1, 0.15) is 11.3 Å². The number of benzene rings is 1. The minimum absolute atomic E-state index is 0.0762. The Balaban J connectivity index is 1.49. The van der Waals surface area contributed by atoms with E-state index in [4.69, 9.17) is 15.2 Å². The second-order valence-electron chi connectivity index (χ2n) is 8.01. The van der Waals surface area contributed by atoms with E-state index in [0.717, 1.165) is 16.9 Å². The zero-order valence-electron chi connectivity index (χ0n) is 21.4. The first-order valence-electron chi connectivity index (χ1n) is 12.4. The van der Waals surface area contributed by atoms with Crippen LogP contribution in [0.2, 0.25) is 0 Å². The van der Waals surface area contributed by atoms with E-state index in [-0.39, 0.29) is 12.3 Å². The number of nitrogens with two attached hydrogens (primary N) is 1. The highest BCUT2D eigenvalue weighted by atomic mass is 16.5. The van der Waals surface area contributed by atoms with Gasteiger partial charge in [-0.05, 0) is 29.8 Å². The van der Waals surface area contributed by atoms with Crippen molar-refractivity contribution in [3.05, 3.63) is 72.6 Å². The van der Waals surface area contributed by atoms with E-state index in [1.54, 1.807) is 12.3 Å². The number of rotatable bonds is 18. The molecule has 0 saturated heterocycles. The number of aromatic nitrogens is 4. The summed E-state index contributed by atoms with van der Waals surface area (Å²) in [5, 5.41) is 12.3. The van der Waals surface area contributed by atoms with E-state index < -0.39 is 0 Å². The molecule has 202 valence electrons. The number of nitrogens with one attached hydrogen (secondary N) is 4. The number of anilines is 4. The van der Waals surface area contributed by atoms with E-state index >= 15 is 0 Å². The largest absolute Gasteiger partial charge is 0.378 e. The molecule has 0 aliphatic heterocycles. The van der Waals surface area contributed by atoms with Crippen LogP contribution in [-0.4, -0.2) is 71.9 Å². The molecule has 2 aromatic heterocycles. The van der Waals surface area contributed by atoms with E-state index in [1.807, 2.05) is 42.5 Å². The van der Waals surface area contributed by atoms with Crippen LogP contribution >= 0.6 is 0 Å². The number of hydrogen-bond acceptors (Lipinski definition) is 11. The molecule has 0 radical (unpaired) electrons. The summed E-state index contributed by atoms with van der Waals surface area (Å²) in [4.78, 5) is 29.8. The summed E-state index contributed by atoms with van der Waals surface area (Å²) in [5.74, 6) is 1.10. The average Bonchev–Trinajstić information content (AvgIpc) is 2.94. The summed E-state index contributed by atoms with van der Waals surface area (Å²) in [5.41, 5.74) is 7.87. The van der Waals surface area contributed by atoms with Crippen molar-refractivity contribution in [2.75, 3.05) is 62.0 Å². The van der Waals surface area contributed by atoms with Crippen molar-refractivity contribution in [3.63, 3.8) is 0 Å². The van der Waals surface area contributed by atoms with Crippen molar-refractivity contribution < 1.29 is 14.3 Å². The fourth-order valence-corrected chi connectivity index (χ4v) is 3.18. The topological polar surface area (TPSA) is 161 Å². The number of ether oxygens (including phenoxy) is 2. The molecule has 0 saturated carbocycles. The third kappa shape index (κ3) is 10.9. The molecule has 12 heteroatoms. The summed E-state index contributed by atoms with van der Waals surface area (Å²) >= 11 is 0. The van der Waals surface area contributed by atoms with Crippen molar-refractivity contribution in [2.24, 2.45) is 5.73 Å². The van der Waals surface area contributed by atoms with Crippen LogP contribution < -0.4 is 27.0 Å². The number of pyridine rings is 1. The summed E-state index contributed by atoms with van der Waals surface area (Å²) < 4.78 is 10.6. The highest BCUT2D eigenvalue weighted by Crippen LogP contribution is 2.17. The van der Waals surface area contributed by atoms with E-state index in [1.165, 1.54) is 0 Å². The smallest absolute Gasteiger partial charge is 0.233 e. The molecule has 3 rings (SSSR count). The summed E-state index contributed by atoms with van der Waals surface area (Å²) in [6.45, 7) is 7.53. The Morgan fingerprint density at radius 2 is 1.66 bits per heavy atom. The zero-order valence-corrected chi connectivity index (χ0v) is 21.4. The maximum absolute atomic E-state index is 12.2. The molecule has 3 aromatic rings. The summed E-state index contributed by atoms with van der Waals surface area (Å²) in [6, 6.07) is 13.2. The Morgan fingerprint density at radius 3 is 2.37 bits per heavy atom. The van der Waals surface area contributed by atoms with Crippen molar-refractivity contribution in [2.45, 2.75) is 13.0 Å². The molecular formula is C26H35N9O3. The summed E-state index contributed by atoms with van der Waals surface area (Å²) in [7, 11) is 0. The van der Waals surface area contributed by atoms with Gasteiger partial charge in [0.25, 0.3) is 0 Å². The standard InChI is InChI=1S/C26H35N9O3/c1-2-11-30-24-33-25(31-19-22-5-3-4-12-28-22)35-26(34-24)32-21-8-6-20(7-9-21)18-23(36)29-13-15-38-17-16-37-14-10-27/h2-9,12H,1,10-11,13-19,27H2,(H,29,36)(H3,30,31,32,33,34,35). The monoisotopic (exact) mass is 521 g/mol. The highest BCUT2D eigenvalue weighted by molar-refractivity contribution is 5.78. The number of amides is 1. The SMILES string of the molecule is C=CCNc1nc(NCc2ccccn2)nc(Nc2ccc(CC(=O)NCCOCCOCCN)cc2)n1. The summed E-state index contributed by atoms with van der Waals surface area (Å²) in [6.07, 6.45) is 3.72. The second kappa shape index (κ2) is 16.6. The number of carbonyl (C=O) groups excluding carboxylic acids is 1. The molecule has 1 amide bonds. The minimum Gasteiger partial charge on any atom is -0.378 e. The van der Waals surface area contributed by atoms with Gasteiger partial charge in [-0.15, -0.1) is 6.58 Å². The molecule has 2 heterocycles. The van der Waals surface area contributed by atoms with Crippen molar-refractivity contribution in [1.29, 1.82) is 0 Å².